The van der Waals surface area contributed by atoms with Crippen molar-refractivity contribution in [2.75, 3.05) is 27.4 Å². The topological polar surface area (TPSA) is 113 Å². The number of carbonyl (C=O) groups excluding carboxylic acids is 2. The van der Waals surface area contributed by atoms with Gasteiger partial charge in [-0.25, -0.2) is 4.79 Å². The second-order valence-corrected chi connectivity index (χ2v) is 5.61. The summed E-state index contributed by atoms with van der Waals surface area (Å²) in [7, 11) is 2.92. The van der Waals surface area contributed by atoms with Crippen LogP contribution in [-0.2, 0) is 23.8 Å². The Bertz CT molecular complexity index is 605. The Kier molecular flexibility index (Phi) is 7.19. The van der Waals surface area contributed by atoms with Gasteiger partial charge < -0.3 is 34.1 Å². The van der Waals surface area contributed by atoms with Crippen LogP contribution in [0.5, 0.6) is 11.5 Å². The standard InChI is InChI=1S/C17H23NO8/c1-10-16(15(21)17(22-3)25-10)26-14(20)9-24-12-6-4-11(5-7-12)23-8-13(19)18-2/h4-7,10,15-17,21H,8-9H2,1-3H3,(H,18,19)/t10-,15?,16?,17-/m0/s1. The summed E-state index contributed by atoms with van der Waals surface area (Å²) in [6.45, 7) is 1.26. The van der Waals surface area contributed by atoms with E-state index in [1.54, 1.807) is 31.2 Å². The van der Waals surface area contributed by atoms with E-state index in [-0.39, 0.29) is 19.1 Å². The lowest BCUT2D eigenvalue weighted by Gasteiger charge is -2.18. The number of likely N-dealkylation sites (N-methyl/N-ethyl adjacent to an activating group) is 1. The number of aliphatic hydroxyl groups is 1. The summed E-state index contributed by atoms with van der Waals surface area (Å²) in [6.07, 6.45) is -3.20. The summed E-state index contributed by atoms with van der Waals surface area (Å²) < 4.78 is 26.1. The second kappa shape index (κ2) is 9.37. The van der Waals surface area contributed by atoms with Crippen molar-refractivity contribution in [3.05, 3.63) is 24.3 Å². The Balaban J connectivity index is 1.77. The molecule has 1 aromatic carbocycles. The van der Waals surface area contributed by atoms with Gasteiger partial charge in [-0.2, -0.15) is 0 Å². The molecule has 9 heteroatoms. The lowest BCUT2D eigenvalue weighted by molar-refractivity contribution is -0.159. The molecule has 1 heterocycles. The maximum absolute atomic E-state index is 11.9. The first-order chi connectivity index (χ1) is 12.4. The van der Waals surface area contributed by atoms with Crippen LogP contribution in [0, 0.1) is 0 Å². The highest BCUT2D eigenvalue weighted by atomic mass is 16.7. The highest BCUT2D eigenvalue weighted by molar-refractivity contribution is 5.77. The average Bonchev–Trinajstić information content (AvgIpc) is 2.92. The number of hydrogen-bond donors (Lipinski definition) is 2. The van der Waals surface area contributed by atoms with Gasteiger partial charge in [0.15, 0.2) is 25.6 Å². The molecule has 0 spiro atoms. The molecule has 26 heavy (non-hydrogen) atoms. The lowest BCUT2D eigenvalue weighted by atomic mass is 10.1. The summed E-state index contributed by atoms with van der Waals surface area (Å²) in [4.78, 5) is 23.0. The van der Waals surface area contributed by atoms with Crippen LogP contribution in [0.15, 0.2) is 24.3 Å². The van der Waals surface area contributed by atoms with Crippen molar-refractivity contribution in [3.63, 3.8) is 0 Å². The Morgan fingerprint density at radius 1 is 1.15 bits per heavy atom. The molecule has 0 aliphatic carbocycles. The van der Waals surface area contributed by atoms with Gasteiger partial charge in [0.2, 0.25) is 0 Å². The van der Waals surface area contributed by atoms with E-state index in [9.17, 15) is 14.7 Å². The molecule has 1 aromatic rings. The van der Waals surface area contributed by atoms with E-state index >= 15 is 0 Å². The SMILES string of the molecule is CNC(=O)COc1ccc(OCC(=O)OC2C(O)[C@@H](OC)O[C@H]2C)cc1. The Morgan fingerprint density at radius 3 is 2.23 bits per heavy atom. The van der Waals surface area contributed by atoms with Gasteiger partial charge >= 0.3 is 5.97 Å². The van der Waals surface area contributed by atoms with E-state index in [0.29, 0.717) is 11.5 Å². The number of nitrogens with one attached hydrogen (secondary N) is 1. The van der Waals surface area contributed by atoms with Crippen LogP contribution in [0.3, 0.4) is 0 Å². The van der Waals surface area contributed by atoms with Gasteiger partial charge in [-0.15, -0.1) is 0 Å². The van der Waals surface area contributed by atoms with E-state index in [0.717, 1.165) is 0 Å². The van der Waals surface area contributed by atoms with Crippen LogP contribution in [0.1, 0.15) is 6.92 Å². The van der Waals surface area contributed by atoms with E-state index < -0.39 is 30.6 Å². The highest BCUT2D eigenvalue weighted by Crippen LogP contribution is 2.24. The molecule has 4 atom stereocenters. The predicted molar refractivity (Wildman–Crippen MR) is 88.7 cm³/mol. The van der Waals surface area contributed by atoms with E-state index in [2.05, 4.69) is 5.32 Å². The number of ether oxygens (including phenoxy) is 5. The molecule has 1 amide bonds. The third-order valence-electron chi connectivity index (χ3n) is 3.76. The number of methoxy groups -OCH3 is 1. The number of rotatable bonds is 8. The summed E-state index contributed by atoms with van der Waals surface area (Å²) in [6, 6.07) is 6.43. The normalized spacial score (nSPS) is 24.8. The monoisotopic (exact) mass is 369 g/mol. The first-order valence-corrected chi connectivity index (χ1v) is 8.06. The van der Waals surface area contributed by atoms with Gasteiger partial charge in [-0.05, 0) is 31.2 Å². The van der Waals surface area contributed by atoms with Crippen LogP contribution in [0.25, 0.3) is 0 Å². The zero-order valence-electron chi connectivity index (χ0n) is 14.8. The molecule has 1 aliphatic rings. The zero-order chi connectivity index (χ0) is 19.1. The van der Waals surface area contributed by atoms with Crippen molar-refractivity contribution in [2.45, 2.75) is 31.5 Å². The Hall–Kier alpha value is -2.36. The van der Waals surface area contributed by atoms with Gasteiger partial charge in [0, 0.05) is 14.2 Å². The van der Waals surface area contributed by atoms with E-state index in [1.165, 1.54) is 14.2 Å². The van der Waals surface area contributed by atoms with Gasteiger partial charge in [-0.1, -0.05) is 0 Å². The third kappa shape index (κ3) is 5.32. The van der Waals surface area contributed by atoms with Gasteiger partial charge in [0.1, 0.15) is 17.6 Å². The quantitative estimate of drug-likeness (QED) is 0.609. The smallest absolute Gasteiger partial charge is 0.344 e. The van der Waals surface area contributed by atoms with Crippen molar-refractivity contribution < 1.29 is 38.4 Å². The van der Waals surface area contributed by atoms with Crippen molar-refractivity contribution in [1.29, 1.82) is 0 Å². The van der Waals surface area contributed by atoms with Crippen molar-refractivity contribution >= 4 is 11.9 Å². The molecule has 2 unspecified atom stereocenters. The predicted octanol–water partition coefficient (Wildman–Crippen LogP) is -0.146. The minimum Gasteiger partial charge on any atom is -0.484 e. The fraction of sp³-hybridized carbons (Fsp3) is 0.529. The number of carbonyl (C=O) groups is 2. The van der Waals surface area contributed by atoms with Gasteiger partial charge in [0.25, 0.3) is 5.91 Å². The lowest BCUT2D eigenvalue weighted by Crippen LogP contribution is -2.37. The van der Waals surface area contributed by atoms with Crippen LogP contribution in [0.4, 0.5) is 0 Å². The fourth-order valence-electron chi connectivity index (χ4n) is 2.34. The number of hydrogen-bond acceptors (Lipinski definition) is 8. The van der Waals surface area contributed by atoms with Crippen LogP contribution >= 0.6 is 0 Å². The number of benzene rings is 1. The van der Waals surface area contributed by atoms with E-state index in [1.807, 2.05) is 0 Å². The van der Waals surface area contributed by atoms with Crippen LogP contribution < -0.4 is 14.8 Å². The molecule has 0 radical (unpaired) electrons. The molecular weight excluding hydrogens is 346 g/mol. The molecule has 0 aromatic heterocycles. The molecule has 1 aliphatic heterocycles. The minimum absolute atomic E-state index is 0.0878. The van der Waals surface area contributed by atoms with Gasteiger partial charge in [-0.3, -0.25) is 4.79 Å². The minimum atomic E-state index is -1.06. The molecule has 0 saturated carbocycles. The zero-order valence-corrected chi connectivity index (χ0v) is 14.8. The molecule has 9 nitrogen and oxygen atoms in total. The van der Waals surface area contributed by atoms with Crippen molar-refractivity contribution in [3.8, 4) is 11.5 Å². The molecule has 1 saturated heterocycles. The number of aliphatic hydroxyl groups excluding tert-OH is 1. The summed E-state index contributed by atoms with van der Waals surface area (Å²) in [5, 5.41) is 12.4. The van der Waals surface area contributed by atoms with Crippen molar-refractivity contribution in [2.24, 2.45) is 0 Å². The Morgan fingerprint density at radius 2 is 1.73 bits per heavy atom. The molecule has 2 rings (SSSR count). The number of esters is 1. The summed E-state index contributed by atoms with van der Waals surface area (Å²) in [5.41, 5.74) is 0. The first-order valence-electron chi connectivity index (χ1n) is 8.06. The summed E-state index contributed by atoms with van der Waals surface area (Å²) in [5.74, 6) is 0.0479. The molecule has 144 valence electrons. The molecule has 2 N–H and O–H groups in total. The summed E-state index contributed by atoms with van der Waals surface area (Å²) >= 11 is 0. The van der Waals surface area contributed by atoms with E-state index in [4.69, 9.17) is 23.7 Å². The van der Waals surface area contributed by atoms with Crippen molar-refractivity contribution in [1.82, 2.24) is 5.32 Å². The van der Waals surface area contributed by atoms with Crippen LogP contribution in [-0.4, -0.2) is 69.0 Å². The maximum Gasteiger partial charge on any atom is 0.344 e. The molecule has 0 bridgehead atoms. The average molecular weight is 369 g/mol. The molecule has 1 fully saturated rings. The first kappa shape index (κ1) is 20.0. The fourth-order valence-corrected chi connectivity index (χ4v) is 2.34. The maximum atomic E-state index is 11.9. The number of amides is 1. The molecular formula is C17H23NO8. The Labute approximate surface area is 151 Å². The third-order valence-corrected chi connectivity index (χ3v) is 3.76. The largest absolute Gasteiger partial charge is 0.484 e. The van der Waals surface area contributed by atoms with Crippen LogP contribution in [0.2, 0.25) is 0 Å². The van der Waals surface area contributed by atoms with Gasteiger partial charge in [0.05, 0.1) is 6.10 Å². The highest BCUT2D eigenvalue weighted by Gasteiger charge is 2.44. The second-order valence-electron chi connectivity index (χ2n) is 5.61.